The molecular weight excluding hydrogens is 252 g/mol. The number of anilines is 1. The third-order valence-electron chi connectivity index (χ3n) is 2.36. The number of hydrogen-bond donors (Lipinski definition) is 2. The fourth-order valence-electron chi connectivity index (χ4n) is 1.65. The van der Waals surface area contributed by atoms with E-state index >= 15 is 0 Å². The lowest BCUT2D eigenvalue weighted by atomic mass is 10.3. The van der Waals surface area contributed by atoms with Crippen LogP contribution in [0, 0.1) is 0 Å². The molecule has 0 aliphatic heterocycles. The third-order valence-corrected chi connectivity index (χ3v) is 2.36. The van der Waals surface area contributed by atoms with Crippen LogP contribution in [0.3, 0.4) is 0 Å². The molecule has 2 aromatic heterocycles. The molecule has 0 radical (unpaired) electrons. The first kappa shape index (κ1) is 12.6. The number of ether oxygens (including phenoxy) is 1. The van der Waals surface area contributed by atoms with Crippen LogP contribution in [-0.4, -0.2) is 34.3 Å². The van der Waals surface area contributed by atoms with Gasteiger partial charge in [0.1, 0.15) is 11.3 Å². The fourth-order valence-corrected chi connectivity index (χ4v) is 1.65. The number of carbonyl (C=O) groups is 3. The average Bonchev–Trinajstić information content (AvgIpc) is 2.80. The quantitative estimate of drug-likeness (QED) is 0.605. The number of carbonyl (C=O) groups excluding carboxylic acids is 2. The van der Waals surface area contributed by atoms with Crippen LogP contribution in [0.1, 0.15) is 0 Å². The summed E-state index contributed by atoms with van der Waals surface area (Å²) in [5.74, 6) is -1.59. The molecule has 98 valence electrons. The Morgan fingerprint density at radius 3 is 2.84 bits per heavy atom. The predicted octanol–water partition coefficient (Wildman–Crippen LogP) is 0.540. The molecule has 2 aromatic rings. The summed E-state index contributed by atoms with van der Waals surface area (Å²) in [6.45, 7) is -0.494. The molecule has 1 amide bonds. The Labute approximate surface area is 107 Å². The molecule has 0 aromatic carbocycles. The van der Waals surface area contributed by atoms with Gasteiger partial charge in [-0.2, -0.15) is 0 Å². The van der Waals surface area contributed by atoms with Gasteiger partial charge >= 0.3 is 5.97 Å². The second-order valence-electron chi connectivity index (χ2n) is 3.65. The molecule has 0 bridgehead atoms. The zero-order valence-electron chi connectivity index (χ0n) is 9.70. The minimum Gasteiger partial charge on any atom is -0.480 e. The van der Waals surface area contributed by atoms with Crippen molar-refractivity contribution in [2.75, 3.05) is 11.9 Å². The number of carboxylic acids is 1. The molecule has 7 nitrogen and oxygen atoms in total. The van der Waals surface area contributed by atoms with E-state index in [9.17, 15) is 14.4 Å². The molecule has 0 unspecified atom stereocenters. The third kappa shape index (κ3) is 2.71. The van der Waals surface area contributed by atoms with Crippen molar-refractivity contribution < 1.29 is 24.2 Å². The Morgan fingerprint density at radius 1 is 1.37 bits per heavy atom. The summed E-state index contributed by atoms with van der Waals surface area (Å²) in [5, 5.41) is 11.0. The molecule has 0 saturated heterocycles. The molecule has 0 fully saturated rings. The van der Waals surface area contributed by atoms with Crippen molar-refractivity contribution >= 4 is 29.4 Å². The van der Waals surface area contributed by atoms with Crippen LogP contribution >= 0.6 is 0 Å². The number of amides is 1. The van der Waals surface area contributed by atoms with Gasteiger partial charge in [-0.1, -0.05) is 0 Å². The molecule has 7 heteroatoms. The summed E-state index contributed by atoms with van der Waals surface area (Å²) >= 11 is 0. The summed E-state index contributed by atoms with van der Waals surface area (Å²) in [6, 6.07) is 4.84. The Kier molecular flexibility index (Phi) is 3.46. The molecular formula is C12H10N2O5. The van der Waals surface area contributed by atoms with Crippen LogP contribution in [0.2, 0.25) is 0 Å². The number of aliphatic carboxylic acids is 1. The SMILES string of the molecule is O=CC(=O)Nc1ccn2cccc(OCC(=O)O)c12. The molecule has 19 heavy (non-hydrogen) atoms. The van der Waals surface area contributed by atoms with Crippen LogP contribution in [0.15, 0.2) is 30.6 Å². The fraction of sp³-hybridized carbons (Fsp3) is 0.0833. The molecule has 0 aliphatic rings. The lowest BCUT2D eigenvalue weighted by Gasteiger charge is -2.08. The van der Waals surface area contributed by atoms with Crippen LogP contribution in [-0.2, 0) is 14.4 Å². The van der Waals surface area contributed by atoms with Crippen LogP contribution in [0.25, 0.3) is 5.52 Å². The van der Waals surface area contributed by atoms with E-state index in [0.29, 0.717) is 17.0 Å². The standard InChI is InChI=1S/C12H10N2O5/c15-6-10(16)13-8-3-5-14-4-1-2-9(12(8)14)19-7-11(17)18/h1-6H,7H2,(H,13,16)(H,17,18). The van der Waals surface area contributed by atoms with E-state index in [-0.39, 0.29) is 6.29 Å². The second kappa shape index (κ2) is 5.21. The minimum atomic E-state index is -1.10. The number of hydrogen-bond acceptors (Lipinski definition) is 4. The van der Waals surface area contributed by atoms with Gasteiger partial charge in [-0.3, -0.25) is 9.59 Å². The van der Waals surface area contributed by atoms with Gasteiger partial charge in [-0.05, 0) is 18.2 Å². The molecule has 2 N–H and O–H groups in total. The number of nitrogens with zero attached hydrogens (tertiary/aromatic N) is 1. The summed E-state index contributed by atoms with van der Waals surface area (Å²) in [6.07, 6.45) is 3.52. The first-order chi connectivity index (χ1) is 9.11. The van der Waals surface area contributed by atoms with Crippen molar-refractivity contribution in [3.05, 3.63) is 30.6 Å². The van der Waals surface area contributed by atoms with E-state index in [2.05, 4.69) is 5.32 Å². The molecule has 0 spiro atoms. The maximum Gasteiger partial charge on any atom is 0.341 e. The van der Waals surface area contributed by atoms with Gasteiger partial charge in [0.05, 0.1) is 5.69 Å². The maximum atomic E-state index is 11.1. The first-order valence-corrected chi connectivity index (χ1v) is 5.32. The van der Waals surface area contributed by atoms with Crippen molar-refractivity contribution in [3.63, 3.8) is 0 Å². The largest absolute Gasteiger partial charge is 0.480 e. The number of rotatable bonds is 5. The maximum absolute atomic E-state index is 11.1. The normalized spacial score (nSPS) is 10.1. The van der Waals surface area contributed by atoms with Crippen molar-refractivity contribution in [2.24, 2.45) is 0 Å². The second-order valence-corrected chi connectivity index (χ2v) is 3.65. The van der Waals surface area contributed by atoms with E-state index in [1.54, 1.807) is 35.0 Å². The number of pyridine rings is 1. The minimum absolute atomic E-state index is 0.157. The zero-order chi connectivity index (χ0) is 13.8. The van der Waals surface area contributed by atoms with Gasteiger partial charge in [0.15, 0.2) is 6.61 Å². The number of nitrogens with one attached hydrogen (secondary N) is 1. The van der Waals surface area contributed by atoms with Crippen molar-refractivity contribution in [3.8, 4) is 5.75 Å². The monoisotopic (exact) mass is 262 g/mol. The summed E-state index contributed by atoms with van der Waals surface area (Å²) in [5.41, 5.74) is 0.858. The van der Waals surface area contributed by atoms with E-state index in [4.69, 9.17) is 9.84 Å². The van der Waals surface area contributed by atoms with Gasteiger partial charge in [-0.15, -0.1) is 0 Å². The number of aromatic nitrogens is 1. The Morgan fingerprint density at radius 2 is 2.16 bits per heavy atom. The highest BCUT2D eigenvalue weighted by Crippen LogP contribution is 2.28. The molecule has 2 heterocycles. The Bertz CT molecular complexity index is 647. The highest BCUT2D eigenvalue weighted by molar-refractivity contribution is 6.30. The van der Waals surface area contributed by atoms with Gasteiger partial charge in [0.25, 0.3) is 5.91 Å². The van der Waals surface area contributed by atoms with Crippen molar-refractivity contribution in [1.29, 1.82) is 0 Å². The zero-order valence-corrected chi connectivity index (χ0v) is 9.70. The van der Waals surface area contributed by atoms with Gasteiger partial charge in [-0.25, -0.2) is 4.79 Å². The van der Waals surface area contributed by atoms with E-state index in [0.717, 1.165) is 0 Å². The predicted molar refractivity (Wildman–Crippen MR) is 65.2 cm³/mol. The van der Waals surface area contributed by atoms with Gasteiger partial charge < -0.3 is 19.6 Å². The molecule has 0 atom stereocenters. The van der Waals surface area contributed by atoms with Crippen molar-refractivity contribution in [2.45, 2.75) is 0 Å². The number of carboxylic acid groups (broad SMARTS) is 1. The first-order valence-electron chi connectivity index (χ1n) is 5.32. The van der Waals surface area contributed by atoms with Gasteiger partial charge in [0, 0.05) is 12.4 Å². The molecule has 2 rings (SSSR count). The highest BCUT2D eigenvalue weighted by atomic mass is 16.5. The summed E-state index contributed by atoms with van der Waals surface area (Å²) in [4.78, 5) is 31.9. The Hall–Kier alpha value is -2.83. The lowest BCUT2D eigenvalue weighted by molar-refractivity contribution is -0.139. The van der Waals surface area contributed by atoms with E-state index in [1.165, 1.54) is 0 Å². The lowest BCUT2D eigenvalue weighted by Crippen LogP contribution is -2.13. The Balaban J connectivity index is 2.39. The summed E-state index contributed by atoms with van der Waals surface area (Å²) < 4.78 is 6.79. The summed E-state index contributed by atoms with van der Waals surface area (Å²) in [7, 11) is 0. The van der Waals surface area contributed by atoms with Crippen LogP contribution in [0.5, 0.6) is 5.75 Å². The average molecular weight is 262 g/mol. The molecule has 0 aliphatic carbocycles. The van der Waals surface area contributed by atoms with E-state index in [1.807, 2.05) is 0 Å². The number of fused-ring (bicyclic) bond motifs is 1. The van der Waals surface area contributed by atoms with Crippen LogP contribution < -0.4 is 10.1 Å². The highest BCUT2D eigenvalue weighted by Gasteiger charge is 2.11. The van der Waals surface area contributed by atoms with Crippen LogP contribution in [0.4, 0.5) is 5.69 Å². The topological polar surface area (TPSA) is 97.1 Å². The van der Waals surface area contributed by atoms with E-state index < -0.39 is 18.5 Å². The van der Waals surface area contributed by atoms with Crippen molar-refractivity contribution in [1.82, 2.24) is 4.40 Å². The molecule has 0 saturated carbocycles. The smallest absolute Gasteiger partial charge is 0.341 e. The van der Waals surface area contributed by atoms with Gasteiger partial charge in [0.2, 0.25) is 6.29 Å². The number of aldehydes is 1.